The van der Waals surface area contributed by atoms with Crippen LogP contribution in [0.15, 0.2) is 46.3 Å². The van der Waals surface area contributed by atoms with E-state index in [1.54, 1.807) is 11.3 Å². The van der Waals surface area contributed by atoms with Gasteiger partial charge in [0.2, 0.25) is 5.91 Å². The van der Waals surface area contributed by atoms with Gasteiger partial charge in [-0.15, -0.1) is 11.3 Å². The van der Waals surface area contributed by atoms with Gasteiger partial charge in [-0.05, 0) is 29.6 Å². The summed E-state index contributed by atoms with van der Waals surface area (Å²) in [5, 5.41) is 8.19. The van der Waals surface area contributed by atoms with Crippen LogP contribution in [0.25, 0.3) is 0 Å². The molecule has 5 heteroatoms. The largest absolute Gasteiger partial charge is 0.325 e. The minimum atomic E-state index is -0.0323. The summed E-state index contributed by atoms with van der Waals surface area (Å²) in [5.41, 5.74) is 0.832. The standard InChI is InChI=1S/C16H19BrN2OS/c1-16(2,14-7-4-8-21-14)11-18-10-15(20)19-13-6-3-5-12(17)9-13/h3-9,18H,10-11H2,1-2H3,(H,19,20). The Kier molecular flexibility index (Phi) is 5.56. The number of anilines is 1. The second-order valence-corrected chi connectivity index (χ2v) is 7.39. The molecule has 0 bridgehead atoms. The molecule has 1 heterocycles. The van der Waals surface area contributed by atoms with Crippen LogP contribution in [-0.4, -0.2) is 19.0 Å². The van der Waals surface area contributed by atoms with Gasteiger partial charge < -0.3 is 10.6 Å². The van der Waals surface area contributed by atoms with Crippen LogP contribution in [0.2, 0.25) is 0 Å². The maximum absolute atomic E-state index is 11.9. The quantitative estimate of drug-likeness (QED) is 0.810. The van der Waals surface area contributed by atoms with E-state index in [1.165, 1.54) is 4.88 Å². The molecule has 1 amide bonds. The van der Waals surface area contributed by atoms with Crippen molar-refractivity contribution < 1.29 is 4.79 Å². The van der Waals surface area contributed by atoms with Crippen molar-refractivity contribution >= 4 is 38.9 Å². The lowest BCUT2D eigenvalue weighted by Crippen LogP contribution is -2.37. The Bertz CT molecular complexity index is 596. The maximum Gasteiger partial charge on any atom is 0.238 e. The Balaban J connectivity index is 1.79. The van der Waals surface area contributed by atoms with Crippen molar-refractivity contribution in [2.75, 3.05) is 18.4 Å². The Morgan fingerprint density at radius 1 is 1.29 bits per heavy atom. The highest BCUT2D eigenvalue weighted by atomic mass is 79.9. The number of carbonyl (C=O) groups excluding carboxylic acids is 1. The van der Waals surface area contributed by atoms with E-state index in [1.807, 2.05) is 24.3 Å². The van der Waals surface area contributed by atoms with Crippen molar-refractivity contribution in [1.82, 2.24) is 5.32 Å². The molecule has 112 valence electrons. The van der Waals surface area contributed by atoms with Gasteiger partial charge >= 0.3 is 0 Å². The zero-order chi connectivity index (χ0) is 15.3. The van der Waals surface area contributed by atoms with Crippen LogP contribution in [0.1, 0.15) is 18.7 Å². The highest BCUT2D eigenvalue weighted by Crippen LogP contribution is 2.26. The third-order valence-corrected chi connectivity index (χ3v) is 4.88. The fourth-order valence-corrected chi connectivity index (χ4v) is 3.26. The molecule has 1 aromatic carbocycles. The van der Waals surface area contributed by atoms with Crippen LogP contribution < -0.4 is 10.6 Å². The highest BCUT2D eigenvalue weighted by Gasteiger charge is 2.21. The van der Waals surface area contributed by atoms with Gasteiger partial charge in [0.25, 0.3) is 0 Å². The van der Waals surface area contributed by atoms with Crippen LogP contribution in [0.5, 0.6) is 0 Å². The first-order valence-electron chi connectivity index (χ1n) is 6.77. The van der Waals surface area contributed by atoms with E-state index >= 15 is 0 Å². The number of halogens is 1. The summed E-state index contributed by atoms with van der Waals surface area (Å²) in [5.74, 6) is -0.0323. The molecule has 0 aliphatic heterocycles. The molecule has 0 aliphatic carbocycles. The molecule has 0 unspecified atom stereocenters. The topological polar surface area (TPSA) is 41.1 Å². The molecule has 0 saturated heterocycles. The van der Waals surface area contributed by atoms with E-state index in [9.17, 15) is 4.79 Å². The number of rotatable bonds is 6. The van der Waals surface area contributed by atoms with Gasteiger partial charge in [0.15, 0.2) is 0 Å². The average molecular weight is 367 g/mol. The summed E-state index contributed by atoms with van der Waals surface area (Å²) < 4.78 is 0.951. The van der Waals surface area contributed by atoms with Gasteiger partial charge in [0.1, 0.15) is 0 Å². The van der Waals surface area contributed by atoms with Gasteiger partial charge in [0.05, 0.1) is 6.54 Å². The molecule has 0 spiro atoms. The van der Waals surface area contributed by atoms with Crippen molar-refractivity contribution in [3.63, 3.8) is 0 Å². The fraction of sp³-hybridized carbons (Fsp3) is 0.312. The molecule has 0 aliphatic rings. The summed E-state index contributed by atoms with van der Waals surface area (Å²) >= 11 is 5.13. The Morgan fingerprint density at radius 3 is 2.76 bits per heavy atom. The third-order valence-electron chi connectivity index (χ3n) is 3.15. The summed E-state index contributed by atoms with van der Waals surface area (Å²) in [6.45, 7) is 5.43. The van der Waals surface area contributed by atoms with Crippen molar-refractivity contribution in [2.45, 2.75) is 19.3 Å². The van der Waals surface area contributed by atoms with Crippen LogP contribution in [-0.2, 0) is 10.2 Å². The predicted octanol–water partition coefficient (Wildman–Crippen LogP) is 4.02. The first kappa shape index (κ1) is 16.2. The highest BCUT2D eigenvalue weighted by molar-refractivity contribution is 9.10. The monoisotopic (exact) mass is 366 g/mol. The SMILES string of the molecule is CC(C)(CNCC(=O)Nc1cccc(Br)c1)c1cccs1. The maximum atomic E-state index is 11.9. The lowest BCUT2D eigenvalue weighted by atomic mass is 9.91. The van der Waals surface area contributed by atoms with Crippen molar-refractivity contribution in [3.8, 4) is 0 Å². The fourth-order valence-electron chi connectivity index (χ4n) is 2.01. The van der Waals surface area contributed by atoms with E-state index < -0.39 is 0 Å². The second-order valence-electron chi connectivity index (χ2n) is 5.52. The summed E-state index contributed by atoms with van der Waals surface area (Å²) in [7, 11) is 0. The van der Waals surface area contributed by atoms with E-state index in [4.69, 9.17) is 0 Å². The number of nitrogens with one attached hydrogen (secondary N) is 2. The summed E-state index contributed by atoms with van der Waals surface area (Å²) in [4.78, 5) is 13.2. The first-order valence-corrected chi connectivity index (χ1v) is 8.45. The molecule has 0 fully saturated rings. The normalized spacial score (nSPS) is 11.4. The van der Waals surface area contributed by atoms with E-state index in [0.717, 1.165) is 16.7 Å². The molecule has 3 nitrogen and oxygen atoms in total. The molecular weight excluding hydrogens is 348 g/mol. The van der Waals surface area contributed by atoms with Gasteiger partial charge in [-0.3, -0.25) is 4.79 Å². The molecule has 0 saturated carbocycles. The number of benzene rings is 1. The smallest absolute Gasteiger partial charge is 0.238 e. The Hall–Kier alpha value is -1.17. The van der Waals surface area contributed by atoms with Crippen molar-refractivity contribution in [1.29, 1.82) is 0 Å². The predicted molar refractivity (Wildman–Crippen MR) is 93.0 cm³/mol. The van der Waals surface area contributed by atoms with E-state index in [2.05, 4.69) is 57.9 Å². The molecule has 2 N–H and O–H groups in total. The summed E-state index contributed by atoms with van der Waals surface area (Å²) in [6, 6.07) is 11.8. The van der Waals surface area contributed by atoms with Gasteiger partial charge in [-0.1, -0.05) is 41.9 Å². The molecule has 2 rings (SSSR count). The molecule has 0 atom stereocenters. The van der Waals surface area contributed by atoms with Gasteiger partial charge in [0, 0.05) is 27.0 Å². The zero-order valence-electron chi connectivity index (χ0n) is 12.2. The Labute approximate surface area is 137 Å². The Morgan fingerprint density at radius 2 is 2.10 bits per heavy atom. The van der Waals surface area contributed by atoms with Crippen molar-refractivity contribution in [3.05, 3.63) is 51.1 Å². The lowest BCUT2D eigenvalue weighted by Gasteiger charge is -2.23. The lowest BCUT2D eigenvalue weighted by molar-refractivity contribution is -0.115. The van der Waals surface area contributed by atoms with Gasteiger partial charge in [-0.2, -0.15) is 0 Å². The zero-order valence-corrected chi connectivity index (χ0v) is 14.6. The van der Waals surface area contributed by atoms with Crippen LogP contribution in [0, 0.1) is 0 Å². The third kappa shape index (κ3) is 4.95. The van der Waals surface area contributed by atoms with E-state index in [-0.39, 0.29) is 11.3 Å². The molecule has 21 heavy (non-hydrogen) atoms. The van der Waals surface area contributed by atoms with Crippen molar-refractivity contribution in [2.24, 2.45) is 0 Å². The van der Waals surface area contributed by atoms with E-state index in [0.29, 0.717) is 6.54 Å². The second kappa shape index (κ2) is 7.20. The molecular formula is C16H19BrN2OS. The van der Waals surface area contributed by atoms with Crippen LogP contribution in [0.4, 0.5) is 5.69 Å². The summed E-state index contributed by atoms with van der Waals surface area (Å²) in [6.07, 6.45) is 0. The molecule has 2 aromatic rings. The number of amides is 1. The van der Waals surface area contributed by atoms with Gasteiger partial charge in [-0.25, -0.2) is 0 Å². The molecule has 1 aromatic heterocycles. The minimum Gasteiger partial charge on any atom is -0.325 e. The first-order chi connectivity index (χ1) is 9.97. The van der Waals surface area contributed by atoms with Crippen LogP contribution >= 0.6 is 27.3 Å². The van der Waals surface area contributed by atoms with Crippen LogP contribution in [0.3, 0.4) is 0 Å². The number of hydrogen-bond acceptors (Lipinski definition) is 3. The minimum absolute atomic E-state index is 0.0320. The number of thiophene rings is 1. The average Bonchev–Trinajstić information content (AvgIpc) is 2.93. The number of hydrogen-bond donors (Lipinski definition) is 2. The number of carbonyl (C=O) groups is 1. The molecule has 0 radical (unpaired) electrons.